The second-order valence-electron chi connectivity index (χ2n) is 4.22. The third-order valence-electron chi connectivity index (χ3n) is 2.73. The fourth-order valence-electron chi connectivity index (χ4n) is 1.69. The van der Waals surface area contributed by atoms with Crippen molar-refractivity contribution in [3.8, 4) is 5.75 Å². The van der Waals surface area contributed by atoms with E-state index in [0.717, 1.165) is 10.0 Å². The van der Waals surface area contributed by atoms with Crippen LogP contribution in [0.15, 0.2) is 47.1 Å². The zero-order valence-electron chi connectivity index (χ0n) is 11.5. The lowest BCUT2D eigenvalue weighted by molar-refractivity contribution is 0.139. The van der Waals surface area contributed by atoms with Gasteiger partial charge in [0.15, 0.2) is 0 Å². The molecule has 21 heavy (non-hydrogen) atoms. The van der Waals surface area contributed by atoms with Crippen LogP contribution in [0.5, 0.6) is 5.75 Å². The summed E-state index contributed by atoms with van der Waals surface area (Å²) in [5.41, 5.74) is 1.57. The Bertz CT molecular complexity index is 605. The second-order valence-corrected chi connectivity index (χ2v) is 5.13. The number of benzene rings is 1. The van der Waals surface area contributed by atoms with E-state index in [0.29, 0.717) is 11.4 Å². The molecule has 2 rings (SSSR count). The number of carbonyl (C=O) groups excluding carboxylic acids is 1. The number of amides is 1. The number of ether oxygens (including phenoxy) is 2. The normalized spacial score (nSPS) is 10.0. The van der Waals surface area contributed by atoms with Crippen molar-refractivity contribution in [2.24, 2.45) is 0 Å². The summed E-state index contributed by atoms with van der Waals surface area (Å²) in [6.45, 7) is 0.474. The summed E-state index contributed by atoms with van der Waals surface area (Å²) in [5, 5.41) is 2.64. The van der Waals surface area contributed by atoms with Crippen molar-refractivity contribution in [2.75, 3.05) is 7.11 Å². The van der Waals surface area contributed by atoms with Gasteiger partial charge in [0, 0.05) is 10.7 Å². The van der Waals surface area contributed by atoms with Crippen LogP contribution < -0.4 is 10.1 Å². The molecule has 2 aromatic rings. The molecule has 6 heteroatoms. The van der Waals surface area contributed by atoms with Crippen LogP contribution in [0.2, 0.25) is 0 Å². The van der Waals surface area contributed by atoms with Gasteiger partial charge in [-0.2, -0.15) is 0 Å². The topological polar surface area (TPSA) is 60.5 Å². The molecular weight excluding hydrogens is 336 g/mol. The smallest absolute Gasteiger partial charge is 0.407 e. The van der Waals surface area contributed by atoms with E-state index in [1.807, 2.05) is 30.3 Å². The van der Waals surface area contributed by atoms with Crippen molar-refractivity contribution in [3.05, 3.63) is 58.3 Å². The first-order valence-electron chi connectivity index (χ1n) is 6.32. The van der Waals surface area contributed by atoms with Gasteiger partial charge in [0.25, 0.3) is 0 Å². The Morgan fingerprint density at radius 3 is 2.81 bits per heavy atom. The van der Waals surface area contributed by atoms with E-state index in [9.17, 15) is 4.79 Å². The second kappa shape index (κ2) is 7.64. The summed E-state index contributed by atoms with van der Waals surface area (Å²) in [7, 11) is 1.56. The zero-order chi connectivity index (χ0) is 15.1. The number of rotatable bonds is 5. The van der Waals surface area contributed by atoms with Gasteiger partial charge in [-0.3, -0.25) is 4.98 Å². The number of halogens is 1. The molecule has 0 spiro atoms. The molecule has 1 aromatic carbocycles. The Balaban J connectivity index is 1.84. The number of hydrogen-bond donors (Lipinski definition) is 1. The third kappa shape index (κ3) is 4.75. The molecule has 110 valence electrons. The number of hydrogen-bond acceptors (Lipinski definition) is 4. The van der Waals surface area contributed by atoms with Crippen molar-refractivity contribution in [1.29, 1.82) is 0 Å². The zero-order valence-corrected chi connectivity index (χ0v) is 13.1. The van der Waals surface area contributed by atoms with Gasteiger partial charge in [0.05, 0.1) is 13.7 Å². The standard InChI is InChI=1S/C15H15BrN2O3/c1-20-14-7-12(16)8-17-13(14)9-18-15(19)21-10-11-5-3-2-4-6-11/h2-8H,9-10H2,1H3,(H,18,19). The summed E-state index contributed by atoms with van der Waals surface area (Å²) < 4.78 is 11.1. The van der Waals surface area contributed by atoms with E-state index < -0.39 is 6.09 Å². The van der Waals surface area contributed by atoms with Crippen LogP contribution in [-0.4, -0.2) is 18.2 Å². The SMILES string of the molecule is COc1cc(Br)cnc1CNC(=O)OCc1ccccc1. The van der Waals surface area contributed by atoms with Crippen molar-refractivity contribution in [3.63, 3.8) is 0 Å². The van der Waals surface area contributed by atoms with Gasteiger partial charge in [-0.1, -0.05) is 30.3 Å². The lowest BCUT2D eigenvalue weighted by Crippen LogP contribution is -2.24. The molecule has 1 heterocycles. The minimum Gasteiger partial charge on any atom is -0.495 e. The van der Waals surface area contributed by atoms with Crippen LogP contribution in [-0.2, 0) is 17.9 Å². The summed E-state index contributed by atoms with van der Waals surface area (Å²) in [5.74, 6) is 0.604. The molecule has 5 nitrogen and oxygen atoms in total. The predicted octanol–water partition coefficient (Wildman–Crippen LogP) is 3.28. The molecule has 1 N–H and O–H groups in total. The van der Waals surface area contributed by atoms with E-state index in [2.05, 4.69) is 26.2 Å². The minimum atomic E-state index is -0.495. The van der Waals surface area contributed by atoms with Crippen LogP contribution >= 0.6 is 15.9 Å². The van der Waals surface area contributed by atoms with E-state index in [1.54, 1.807) is 19.4 Å². The number of nitrogens with one attached hydrogen (secondary N) is 1. The molecule has 0 aliphatic heterocycles. The lowest BCUT2D eigenvalue weighted by Gasteiger charge is -2.10. The van der Waals surface area contributed by atoms with Gasteiger partial charge in [-0.15, -0.1) is 0 Å². The largest absolute Gasteiger partial charge is 0.495 e. The molecule has 0 fully saturated rings. The Hall–Kier alpha value is -2.08. The number of alkyl carbamates (subject to hydrolysis) is 1. The average molecular weight is 351 g/mol. The van der Waals surface area contributed by atoms with Gasteiger partial charge in [-0.05, 0) is 27.6 Å². The Morgan fingerprint density at radius 1 is 1.33 bits per heavy atom. The fraction of sp³-hybridized carbons (Fsp3) is 0.200. The summed E-state index contributed by atoms with van der Waals surface area (Å²) in [4.78, 5) is 15.8. The Labute approximate surface area is 131 Å². The fourth-order valence-corrected chi connectivity index (χ4v) is 2.00. The predicted molar refractivity (Wildman–Crippen MR) is 82.0 cm³/mol. The van der Waals surface area contributed by atoms with E-state index in [1.165, 1.54) is 0 Å². The van der Waals surface area contributed by atoms with Crippen LogP contribution in [0.25, 0.3) is 0 Å². The molecule has 0 atom stereocenters. The van der Waals surface area contributed by atoms with Crippen LogP contribution in [0.3, 0.4) is 0 Å². The van der Waals surface area contributed by atoms with Crippen LogP contribution in [0, 0.1) is 0 Å². The minimum absolute atomic E-state index is 0.234. The highest BCUT2D eigenvalue weighted by molar-refractivity contribution is 9.10. The quantitative estimate of drug-likeness (QED) is 0.898. The molecule has 0 saturated carbocycles. The van der Waals surface area contributed by atoms with Crippen molar-refractivity contribution >= 4 is 22.0 Å². The molecule has 0 radical (unpaired) electrons. The summed E-state index contributed by atoms with van der Waals surface area (Å²) >= 11 is 3.31. The summed E-state index contributed by atoms with van der Waals surface area (Å²) in [6, 6.07) is 11.3. The molecular formula is C15H15BrN2O3. The van der Waals surface area contributed by atoms with E-state index in [-0.39, 0.29) is 13.2 Å². The Kier molecular flexibility index (Phi) is 5.57. The monoisotopic (exact) mass is 350 g/mol. The van der Waals surface area contributed by atoms with Crippen molar-refractivity contribution in [1.82, 2.24) is 10.3 Å². The number of methoxy groups -OCH3 is 1. The van der Waals surface area contributed by atoms with Gasteiger partial charge in [0.2, 0.25) is 0 Å². The van der Waals surface area contributed by atoms with E-state index >= 15 is 0 Å². The molecule has 0 saturated heterocycles. The molecule has 0 bridgehead atoms. The van der Waals surface area contributed by atoms with Crippen LogP contribution in [0.1, 0.15) is 11.3 Å². The molecule has 1 aromatic heterocycles. The number of aromatic nitrogens is 1. The maximum absolute atomic E-state index is 11.6. The first kappa shape index (κ1) is 15.3. The lowest BCUT2D eigenvalue weighted by atomic mass is 10.2. The van der Waals surface area contributed by atoms with Gasteiger partial charge >= 0.3 is 6.09 Å². The highest BCUT2D eigenvalue weighted by atomic mass is 79.9. The van der Waals surface area contributed by atoms with Crippen molar-refractivity contribution < 1.29 is 14.3 Å². The molecule has 1 amide bonds. The number of pyridine rings is 1. The number of nitrogens with zero attached hydrogens (tertiary/aromatic N) is 1. The third-order valence-corrected chi connectivity index (χ3v) is 3.16. The highest BCUT2D eigenvalue weighted by Crippen LogP contribution is 2.20. The maximum atomic E-state index is 11.6. The Morgan fingerprint density at radius 2 is 2.10 bits per heavy atom. The average Bonchev–Trinajstić information content (AvgIpc) is 2.52. The summed E-state index contributed by atoms with van der Waals surface area (Å²) in [6.07, 6.45) is 1.15. The van der Waals surface area contributed by atoms with Crippen LogP contribution in [0.4, 0.5) is 4.79 Å². The van der Waals surface area contributed by atoms with Crippen molar-refractivity contribution in [2.45, 2.75) is 13.2 Å². The molecule has 0 aliphatic carbocycles. The van der Waals surface area contributed by atoms with Gasteiger partial charge in [0.1, 0.15) is 18.1 Å². The number of carbonyl (C=O) groups is 1. The first-order chi connectivity index (χ1) is 10.2. The highest BCUT2D eigenvalue weighted by Gasteiger charge is 2.08. The first-order valence-corrected chi connectivity index (χ1v) is 7.11. The molecule has 0 unspecified atom stereocenters. The molecule has 0 aliphatic rings. The van der Waals surface area contributed by atoms with Gasteiger partial charge < -0.3 is 14.8 Å². The van der Waals surface area contributed by atoms with Gasteiger partial charge in [-0.25, -0.2) is 4.79 Å². The van der Waals surface area contributed by atoms with E-state index in [4.69, 9.17) is 9.47 Å². The maximum Gasteiger partial charge on any atom is 0.407 e.